The Hall–Kier alpha value is -0.915. The Balaban J connectivity index is 1.63. The highest BCUT2D eigenvalue weighted by molar-refractivity contribution is 6.61. The van der Waals surface area contributed by atoms with E-state index in [0.29, 0.717) is 55.1 Å². The molecule has 2 heterocycles. The molecule has 2 aliphatic heterocycles. The maximum Gasteiger partial charge on any atom is 0.491 e. The van der Waals surface area contributed by atoms with Gasteiger partial charge in [0, 0.05) is 12.0 Å². The Morgan fingerprint density at radius 2 is 2.14 bits per heavy atom. The first-order valence-electron chi connectivity index (χ1n) is 7.03. The van der Waals surface area contributed by atoms with Crippen LogP contribution in [0.25, 0.3) is 0 Å². The second-order valence-electron chi connectivity index (χ2n) is 5.18. The number of fused-ring (bicyclic) bond motifs is 1. The van der Waals surface area contributed by atoms with Crippen molar-refractivity contribution in [2.45, 2.75) is 32.2 Å². The molecule has 1 aromatic rings. The molecule has 21 heavy (non-hydrogen) atoms. The molecule has 0 amide bonds. The van der Waals surface area contributed by atoms with E-state index < -0.39 is 7.12 Å². The number of ether oxygens (including phenoxy) is 2. The molecule has 1 saturated heterocycles. The smallest absolute Gasteiger partial charge is 0.423 e. The van der Waals surface area contributed by atoms with Gasteiger partial charge in [-0.2, -0.15) is 0 Å². The lowest BCUT2D eigenvalue weighted by molar-refractivity contribution is -0.0475. The Morgan fingerprint density at radius 1 is 1.38 bits per heavy atom. The van der Waals surface area contributed by atoms with Gasteiger partial charge in [-0.15, -0.1) is 0 Å². The van der Waals surface area contributed by atoms with Gasteiger partial charge >= 0.3 is 7.12 Å². The molecule has 0 radical (unpaired) electrons. The summed E-state index contributed by atoms with van der Waals surface area (Å²) in [6, 6.07) is 3.34. The van der Waals surface area contributed by atoms with Crippen molar-refractivity contribution >= 4 is 30.0 Å². The van der Waals surface area contributed by atoms with Crippen LogP contribution >= 0.6 is 11.6 Å². The predicted octanol–water partition coefficient (Wildman–Crippen LogP) is 1.28. The Morgan fingerprint density at radius 3 is 2.90 bits per heavy atom. The average Bonchev–Trinajstić information content (AvgIpc) is 3.08. The quantitative estimate of drug-likeness (QED) is 0.656. The lowest BCUT2D eigenvalue weighted by Crippen LogP contribution is -2.29. The van der Waals surface area contributed by atoms with Crippen LogP contribution in [0.1, 0.15) is 35.2 Å². The van der Waals surface area contributed by atoms with Crippen molar-refractivity contribution in [3.8, 4) is 0 Å². The van der Waals surface area contributed by atoms with Gasteiger partial charge in [0.05, 0.1) is 24.8 Å². The minimum absolute atomic E-state index is 0.0418. The number of carbonyl (C=O) groups excluding carboxylic acids is 1. The molecule has 2 aliphatic rings. The number of hydrogen-bond donors (Lipinski definition) is 1. The summed E-state index contributed by atoms with van der Waals surface area (Å²) in [6.07, 6.45) is 1.55. The van der Waals surface area contributed by atoms with E-state index in [1.54, 1.807) is 12.1 Å². The molecule has 0 atom stereocenters. The number of benzene rings is 1. The standard InChI is InChI=1S/C14H16BClO5/c16-12-6-9-8-21-15(18)11(9)7-10(12)13(17)2-1-3-14-19-4-5-20-14/h6-7,14,18H,1-5,8H2. The molecular formula is C14H16BClO5. The number of carbonyl (C=O) groups is 1. The van der Waals surface area contributed by atoms with Gasteiger partial charge in [0.1, 0.15) is 0 Å². The summed E-state index contributed by atoms with van der Waals surface area (Å²) < 4.78 is 15.8. The molecule has 1 N–H and O–H groups in total. The van der Waals surface area contributed by atoms with E-state index in [0.717, 1.165) is 5.56 Å². The van der Waals surface area contributed by atoms with E-state index in [1.165, 1.54) is 0 Å². The first kappa shape index (κ1) is 15.0. The van der Waals surface area contributed by atoms with Gasteiger partial charge < -0.3 is 19.2 Å². The van der Waals surface area contributed by atoms with Gasteiger partial charge in [-0.3, -0.25) is 4.79 Å². The van der Waals surface area contributed by atoms with E-state index >= 15 is 0 Å². The van der Waals surface area contributed by atoms with E-state index in [4.69, 9.17) is 25.7 Å². The normalized spacial score (nSPS) is 18.3. The number of ketones is 1. The molecule has 0 saturated carbocycles. The van der Waals surface area contributed by atoms with E-state index in [1.807, 2.05) is 0 Å². The number of halogens is 1. The predicted molar refractivity (Wildman–Crippen MR) is 77.7 cm³/mol. The van der Waals surface area contributed by atoms with Crippen LogP contribution in [-0.4, -0.2) is 37.4 Å². The zero-order chi connectivity index (χ0) is 14.8. The minimum atomic E-state index is -0.968. The SMILES string of the molecule is O=C(CCCC1OCCO1)c1cc2c(cc1Cl)COB2O. The first-order chi connectivity index (χ1) is 10.1. The second kappa shape index (κ2) is 6.46. The monoisotopic (exact) mass is 310 g/mol. The van der Waals surface area contributed by atoms with Gasteiger partial charge in [0.15, 0.2) is 12.1 Å². The molecule has 1 aromatic carbocycles. The van der Waals surface area contributed by atoms with Crippen LogP contribution in [0.15, 0.2) is 12.1 Å². The molecule has 7 heteroatoms. The molecule has 0 spiro atoms. The lowest BCUT2D eigenvalue weighted by atomic mass is 9.78. The van der Waals surface area contributed by atoms with Gasteiger partial charge in [0.25, 0.3) is 0 Å². The maximum atomic E-state index is 12.3. The fraction of sp³-hybridized carbons (Fsp3) is 0.500. The molecular weight excluding hydrogens is 294 g/mol. The van der Waals surface area contributed by atoms with Crippen molar-refractivity contribution in [2.24, 2.45) is 0 Å². The van der Waals surface area contributed by atoms with Crippen LogP contribution in [0.4, 0.5) is 0 Å². The van der Waals surface area contributed by atoms with Crippen molar-refractivity contribution in [3.63, 3.8) is 0 Å². The van der Waals surface area contributed by atoms with Gasteiger partial charge in [0.2, 0.25) is 0 Å². The Bertz CT molecular complexity index is 544. The van der Waals surface area contributed by atoms with Crippen molar-refractivity contribution < 1.29 is 23.9 Å². The topological polar surface area (TPSA) is 65.0 Å². The summed E-state index contributed by atoms with van der Waals surface area (Å²) >= 11 is 6.15. The van der Waals surface area contributed by atoms with Crippen LogP contribution in [0, 0.1) is 0 Å². The summed E-state index contributed by atoms with van der Waals surface area (Å²) in [5, 5.41) is 10.1. The highest BCUT2D eigenvalue weighted by Crippen LogP contribution is 2.23. The van der Waals surface area contributed by atoms with E-state index in [-0.39, 0.29) is 12.1 Å². The third kappa shape index (κ3) is 3.30. The number of rotatable bonds is 5. The zero-order valence-corrected chi connectivity index (χ0v) is 12.3. The zero-order valence-electron chi connectivity index (χ0n) is 11.5. The van der Waals surface area contributed by atoms with Crippen LogP contribution < -0.4 is 5.46 Å². The van der Waals surface area contributed by atoms with Crippen LogP contribution in [0.2, 0.25) is 5.02 Å². The lowest BCUT2D eigenvalue weighted by Gasteiger charge is -2.09. The molecule has 0 unspecified atom stereocenters. The average molecular weight is 311 g/mol. The van der Waals surface area contributed by atoms with Crippen molar-refractivity contribution in [3.05, 3.63) is 28.3 Å². The molecule has 1 fully saturated rings. The largest absolute Gasteiger partial charge is 0.491 e. The third-order valence-electron chi connectivity index (χ3n) is 3.73. The third-order valence-corrected chi connectivity index (χ3v) is 4.04. The highest BCUT2D eigenvalue weighted by atomic mass is 35.5. The first-order valence-corrected chi connectivity index (χ1v) is 7.41. The fourth-order valence-electron chi connectivity index (χ4n) is 2.60. The van der Waals surface area contributed by atoms with Crippen molar-refractivity contribution in [1.82, 2.24) is 0 Å². The van der Waals surface area contributed by atoms with Gasteiger partial charge in [-0.1, -0.05) is 11.6 Å². The maximum absolute atomic E-state index is 12.3. The summed E-state index contributed by atoms with van der Waals surface area (Å²) in [4.78, 5) is 12.3. The molecule has 0 aromatic heterocycles. The number of hydrogen-bond acceptors (Lipinski definition) is 5. The number of Topliss-reactive ketones (excluding diaryl/α,β-unsaturated/α-hetero) is 1. The minimum Gasteiger partial charge on any atom is -0.423 e. The molecule has 0 aliphatic carbocycles. The highest BCUT2D eigenvalue weighted by Gasteiger charge is 2.29. The van der Waals surface area contributed by atoms with E-state index in [9.17, 15) is 9.82 Å². The van der Waals surface area contributed by atoms with Crippen LogP contribution in [0.5, 0.6) is 0 Å². The van der Waals surface area contributed by atoms with E-state index in [2.05, 4.69) is 0 Å². The molecule has 0 bridgehead atoms. The molecule has 3 rings (SSSR count). The van der Waals surface area contributed by atoms with Gasteiger partial charge in [-0.25, -0.2) is 0 Å². The summed E-state index contributed by atoms with van der Waals surface area (Å²) in [6.45, 7) is 1.56. The Labute approximate surface area is 128 Å². The summed E-state index contributed by atoms with van der Waals surface area (Å²) in [7, 11) is -0.968. The molecule has 112 valence electrons. The summed E-state index contributed by atoms with van der Waals surface area (Å²) in [5.41, 5.74) is 1.90. The van der Waals surface area contributed by atoms with Crippen LogP contribution in [-0.2, 0) is 20.7 Å². The van der Waals surface area contributed by atoms with Crippen molar-refractivity contribution in [2.75, 3.05) is 13.2 Å². The van der Waals surface area contributed by atoms with Crippen molar-refractivity contribution in [1.29, 1.82) is 0 Å². The fourth-order valence-corrected chi connectivity index (χ4v) is 2.89. The summed E-state index contributed by atoms with van der Waals surface area (Å²) in [5.74, 6) is -0.0418. The molecule has 5 nitrogen and oxygen atoms in total. The van der Waals surface area contributed by atoms with Crippen LogP contribution in [0.3, 0.4) is 0 Å². The Kier molecular flexibility index (Phi) is 4.61. The second-order valence-corrected chi connectivity index (χ2v) is 5.59. The van der Waals surface area contributed by atoms with Gasteiger partial charge in [-0.05, 0) is 36.0 Å².